The minimum atomic E-state index is 0.178. The van der Waals surface area contributed by atoms with Gasteiger partial charge in [-0.1, -0.05) is 6.92 Å². The molecule has 0 aliphatic carbocycles. The first kappa shape index (κ1) is 14.7. The molecule has 0 aliphatic heterocycles. The molecule has 1 atom stereocenters. The molecular formula is C13H24N4O. The fourth-order valence-electron chi connectivity index (χ4n) is 1.64. The van der Waals surface area contributed by atoms with Crippen molar-refractivity contribution in [1.82, 2.24) is 9.97 Å². The summed E-state index contributed by atoms with van der Waals surface area (Å²) in [7, 11) is 1.87. The minimum absolute atomic E-state index is 0.178. The van der Waals surface area contributed by atoms with Crippen molar-refractivity contribution in [3.05, 3.63) is 11.9 Å². The van der Waals surface area contributed by atoms with Crippen molar-refractivity contribution in [3.8, 4) is 0 Å². The van der Waals surface area contributed by atoms with E-state index in [0.717, 1.165) is 43.5 Å². The molecule has 1 unspecified atom stereocenters. The third-order valence-corrected chi connectivity index (χ3v) is 2.52. The van der Waals surface area contributed by atoms with E-state index < -0.39 is 0 Å². The lowest BCUT2D eigenvalue weighted by molar-refractivity contribution is 0.0855. The Morgan fingerprint density at radius 3 is 2.61 bits per heavy atom. The lowest BCUT2D eigenvalue weighted by atomic mass is 10.3. The third kappa shape index (κ3) is 4.87. The Morgan fingerprint density at radius 1 is 1.28 bits per heavy atom. The van der Waals surface area contributed by atoms with Gasteiger partial charge < -0.3 is 15.4 Å². The van der Waals surface area contributed by atoms with Crippen molar-refractivity contribution in [2.24, 2.45) is 0 Å². The Balaban J connectivity index is 2.65. The number of nitrogens with zero attached hydrogens (tertiary/aromatic N) is 2. The van der Waals surface area contributed by atoms with Crippen LogP contribution in [-0.4, -0.2) is 36.3 Å². The van der Waals surface area contributed by atoms with Crippen LogP contribution in [0, 0.1) is 0 Å². The Morgan fingerprint density at radius 2 is 2.00 bits per heavy atom. The predicted molar refractivity (Wildman–Crippen MR) is 75.2 cm³/mol. The Labute approximate surface area is 109 Å². The highest BCUT2D eigenvalue weighted by atomic mass is 16.5. The van der Waals surface area contributed by atoms with E-state index in [1.54, 1.807) is 0 Å². The average molecular weight is 252 g/mol. The summed E-state index contributed by atoms with van der Waals surface area (Å²) in [5.74, 6) is 2.57. The first-order chi connectivity index (χ1) is 8.69. The third-order valence-electron chi connectivity index (χ3n) is 2.52. The minimum Gasteiger partial charge on any atom is -0.377 e. The Bertz CT molecular complexity index is 357. The molecular weight excluding hydrogens is 228 g/mol. The molecule has 5 heteroatoms. The standard InChI is InChI=1S/C13H24N4O/c1-5-7-11-16-12(14-4)8-13(17-11)15-9-10(3)18-6-2/h8,10H,5-7,9H2,1-4H3,(H2,14,15,16,17). The van der Waals surface area contributed by atoms with Crippen molar-refractivity contribution in [3.63, 3.8) is 0 Å². The van der Waals surface area contributed by atoms with E-state index in [2.05, 4.69) is 27.5 Å². The largest absolute Gasteiger partial charge is 0.377 e. The molecule has 0 spiro atoms. The fraction of sp³-hybridized carbons (Fsp3) is 0.692. The molecule has 0 aliphatic rings. The quantitative estimate of drug-likeness (QED) is 0.743. The van der Waals surface area contributed by atoms with E-state index in [9.17, 15) is 0 Å². The Kier molecular flexibility index (Phi) is 6.43. The normalized spacial score (nSPS) is 12.2. The van der Waals surface area contributed by atoms with Gasteiger partial charge in [0.1, 0.15) is 17.5 Å². The highest BCUT2D eigenvalue weighted by Crippen LogP contribution is 2.12. The summed E-state index contributed by atoms with van der Waals surface area (Å²) in [5, 5.41) is 6.34. The molecule has 0 bridgehead atoms. The van der Waals surface area contributed by atoms with E-state index in [1.165, 1.54) is 0 Å². The van der Waals surface area contributed by atoms with Gasteiger partial charge in [0.15, 0.2) is 0 Å². The second kappa shape index (κ2) is 7.87. The summed E-state index contributed by atoms with van der Waals surface area (Å²) in [6, 6.07) is 1.91. The number of hydrogen-bond acceptors (Lipinski definition) is 5. The maximum absolute atomic E-state index is 5.48. The van der Waals surface area contributed by atoms with Gasteiger partial charge in [-0.3, -0.25) is 0 Å². The van der Waals surface area contributed by atoms with Gasteiger partial charge in [0.25, 0.3) is 0 Å². The summed E-state index contributed by atoms with van der Waals surface area (Å²) < 4.78 is 5.48. The van der Waals surface area contributed by atoms with Crippen molar-refractivity contribution < 1.29 is 4.74 Å². The maximum atomic E-state index is 5.48. The molecule has 0 radical (unpaired) electrons. The van der Waals surface area contributed by atoms with Crippen LogP contribution in [0.5, 0.6) is 0 Å². The summed E-state index contributed by atoms with van der Waals surface area (Å²) in [5.41, 5.74) is 0. The summed E-state index contributed by atoms with van der Waals surface area (Å²) >= 11 is 0. The highest BCUT2D eigenvalue weighted by Gasteiger charge is 2.05. The molecule has 18 heavy (non-hydrogen) atoms. The highest BCUT2D eigenvalue weighted by molar-refractivity contribution is 5.47. The van der Waals surface area contributed by atoms with E-state index in [-0.39, 0.29) is 6.10 Å². The molecule has 5 nitrogen and oxygen atoms in total. The molecule has 1 rings (SSSR count). The molecule has 1 aromatic heterocycles. The van der Waals surface area contributed by atoms with Crippen molar-refractivity contribution in [2.45, 2.75) is 39.7 Å². The number of aryl methyl sites for hydroxylation is 1. The van der Waals surface area contributed by atoms with Crippen LogP contribution in [0.25, 0.3) is 0 Å². The van der Waals surface area contributed by atoms with Gasteiger partial charge in [-0.05, 0) is 20.3 Å². The molecule has 0 aromatic carbocycles. The topological polar surface area (TPSA) is 59.1 Å². The van der Waals surface area contributed by atoms with Gasteiger partial charge in [-0.2, -0.15) is 0 Å². The van der Waals surface area contributed by atoms with Crippen LogP contribution >= 0.6 is 0 Å². The van der Waals surface area contributed by atoms with E-state index >= 15 is 0 Å². The summed E-state index contributed by atoms with van der Waals surface area (Å²) in [4.78, 5) is 8.90. The molecule has 0 amide bonds. The van der Waals surface area contributed by atoms with Crippen molar-refractivity contribution in [2.75, 3.05) is 30.8 Å². The summed E-state index contributed by atoms with van der Waals surface area (Å²) in [6.45, 7) is 7.65. The first-order valence-electron chi connectivity index (χ1n) is 6.60. The monoisotopic (exact) mass is 252 g/mol. The van der Waals surface area contributed by atoms with Crippen LogP contribution in [-0.2, 0) is 11.2 Å². The zero-order valence-corrected chi connectivity index (χ0v) is 11.8. The molecule has 1 heterocycles. The molecule has 0 fully saturated rings. The van der Waals surface area contributed by atoms with Gasteiger partial charge in [-0.25, -0.2) is 9.97 Å². The average Bonchev–Trinajstić information content (AvgIpc) is 2.37. The van der Waals surface area contributed by atoms with E-state index in [0.29, 0.717) is 0 Å². The van der Waals surface area contributed by atoms with Crippen LogP contribution in [0.15, 0.2) is 6.07 Å². The number of nitrogens with one attached hydrogen (secondary N) is 2. The molecule has 1 aromatic rings. The van der Waals surface area contributed by atoms with Crippen LogP contribution in [0.1, 0.15) is 33.0 Å². The van der Waals surface area contributed by atoms with Gasteiger partial charge in [0.05, 0.1) is 6.10 Å². The van der Waals surface area contributed by atoms with Gasteiger partial charge in [0, 0.05) is 32.7 Å². The first-order valence-corrected chi connectivity index (χ1v) is 6.60. The van der Waals surface area contributed by atoms with Crippen LogP contribution in [0.2, 0.25) is 0 Å². The van der Waals surface area contributed by atoms with Gasteiger partial charge in [0.2, 0.25) is 0 Å². The SMILES string of the molecule is CCCc1nc(NC)cc(NCC(C)OCC)n1. The second-order valence-electron chi connectivity index (χ2n) is 4.20. The number of rotatable bonds is 8. The van der Waals surface area contributed by atoms with Crippen molar-refractivity contribution >= 4 is 11.6 Å². The molecule has 102 valence electrons. The number of anilines is 2. The predicted octanol–water partition coefficient (Wildman–Crippen LogP) is 2.31. The van der Waals surface area contributed by atoms with Crippen LogP contribution in [0.3, 0.4) is 0 Å². The van der Waals surface area contributed by atoms with E-state index in [4.69, 9.17) is 4.74 Å². The zero-order valence-electron chi connectivity index (χ0n) is 11.8. The van der Waals surface area contributed by atoms with E-state index in [1.807, 2.05) is 27.0 Å². The fourth-order valence-corrected chi connectivity index (χ4v) is 1.64. The van der Waals surface area contributed by atoms with Crippen LogP contribution < -0.4 is 10.6 Å². The lowest BCUT2D eigenvalue weighted by Gasteiger charge is -2.14. The molecule has 0 saturated heterocycles. The number of hydrogen-bond donors (Lipinski definition) is 2. The van der Waals surface area contributed by atoms with Crippen LogP contribution in [0.4, 0.5) is 11.6 Å². The van der Waals surface area contributed by atoms with Gasteiger partial charge in [-0.15, -0.1) is 0 Å². The molecule has 2 N–H and O–H groups in total. The van der Waals surface area contributed by atoms with Crippen molar-refractivity contribution in [1.29, 1.82) is 0 Å². The number of aromatic nitrogens is 2. The van der Waals surface area contributed by atoms with Gasteiger partial charge >= 0.3 is 0 Å². The summed E-state index contributed by atoms with van der Waals surface area (Å²) in [6.07, 6.45) is 2.12. The second-order valence-corrected chi connectivity index (χ2v) is 4.20. The Hall–Kier alpha value is -1.36. The zero-order chi connectivity index (χ0) is 13.4. The smallest absolute Gasteiger partial charge is 0.133 e. The lowest BCUT2D eigenvalue weighted by Crippen LogP contribution is -2.20. The maximum Gasteiger partial charge on any atom is 0.133 e. The number of ether oxygens (including phenoxy) is 1. The molecule has 0 saturated carbocycles.